The lowest BCUT2D eigenvalue weighted by Crippen LogP contribution is -2.48. The molecule has 1 saturated carbocycles. The standard InChI is InChI=1S/C33H46N2O5S/c1-23-11-9-10-14-26(23)28-21-25(15-16-27(28)30(36)34-29(31(37)38)18-20-41-5)22-35(32(39)40-33(2,3)4)19-17-24-12-7-6-8-13-24/h9-11,14-16,21,24,29H,6-8,12-13,17-20,22H2,1-5H3,(H,34,36)(H,37,38)/p-1/t29-/m0/s1. The van der Waals surface area contributed by atoms with Crippen LogP contribution < -0.4 is 10.4 Å². The van der Waals surface area contributed by atoms with Crippen molar-refractivity contribution < 1.29 is 24.2 Å². The first kappa shape index (κ1) is 32.5. The van der Waals surface area contributed by atoms with E-state index < -0.39 is 23.5 Å². The number of hydrogen-bond acceptors (Lipinski definition) is 6. The van der Waals surface area contributed by atoms with Gasteiger partial charge in [0.2, 0.25) is 0 Å². The van der Waals surface area contributed by atoms with Crippen molar-refractivity contribution in [2.75, 3.05) is 18.6 Å². The van der Waals surface area contributed by atoms with Gasteiger partial charge in [0.15, 0.2) is 0 Å². The first-order valence-corrected chi connectivity index (χ1v) is 16.1. The highest BCUT2D eigenvalue weighted by Crippen LogP contribution is 2.30. The Morgan fingerprint density at radius 2 is 1.78 bits per heavy atom. The molecule has 41 heavy (non-hydrogen) atoms. The lowest BCUT2D eigenvalue weighted by molar-refractivity contribution is -0.308. The molecule has 1 atom stereocenters. The van der Waals surface area contributed by atoms with E-state index in [9.17, 15) is 19.5 Å². The Kier molecular flexibility index (Phi) is 12.1. The normalized spacial score (nSPS) is 14.8. The predicted octanol–water partition coefficient (Wildman–Crippen LogP) is 5.97. The fourth-order valence-corrected chi connectivity index (χ4v) is 5.77. The Morgan fingerprint density at radius 3 is 2.41 bits per heavy atom. The van der Waals surface area contributed by atoms with Crippen molar-refractivity contribution in [2.24, 2.45) is 5.92 Å². The number of carbonyl (C=O) groups excluding carboxylic acids is 3. The number of thioether (sulfide) groups is 1. The van der Waals surface area contributed by atoms with E-state index in [1.165, 1.54) is 43.9 Å². The smallest absolute Gasteiger partial charge is 0.410 e. The Balaban J connectivity index is 1.93. The van der Waals surface area contributed by atoms with E-state index in [4.69, 9.17) is 4.74 Å². The molecular formula is C33H45N2O5S-. The summed E-state index contributed by atoms with van der Waals surface area (Å²) in [6.07, 6.45) is 8.93. The lowest BCUT2D eigenvalue weighted by atomic mass is 9.87. The Morgan fingerprint density at radius 1 is 1.07 bits per heavy atom. The minimum Gasteiger partial charge on any atom is -0.548 e. The van der Waals surface area contributed by atoms with Crippen LogP contribution in [0.1, 0.15) is 87.2 Å². The van der Waals surface area contributed by atoms with Gasteiger partial charge >= 0.3 is 6.09 Å². The summed E-state index contributed by atoms with van der Waals surface area (Å²) in [4.78, 5) is 40.2. The maximum Gasteiger partial charge on any atom is 0.410 e. The number of benzene rings is 2. The topological polar surface area (TPSA) is 98.8 Å². The van der Waals surface area contributed by atoms with Gasteiger partial charge in [-0.2, -0.15) is 11.8 Å². The zero-order chi connectivity index (χ0) is 30.0. The molecule has 3 rings (SSSR count). The fraction of sp³-hybridized carbons (Fsp3) is 0.545. The van der Waals surface area contributed by atoms with Crippen LogP contribution in [0.5, 0.6) is 0 Å². The highest BCUT2D eigenvalue weighted by atomic mass is 32.2. The first-order valence-electron chi connectivity index (χ1n) is 14.7. The SMILES string of the molecule is CSCC[C@H](NC(=O)c1ccc(CN(CCC2CCCCC2)C(=O)OC(C)(C)C)cc1-c1ccccc1C)C(=O)[O-]. The van der Waals surface area contributed by atoms with Crippen LogP contribution in [0.25, 0.3) is 11.1 Å². The van der Waals surface area contributed by atoms with E-state index in [-0.39, 0.29) is 12.5 Å². The molecule has 1 N–H and O–H groups in total. The van der Waals surface area contributed by atoms with Crippen LogP contribution in [-0.2, 0) is 16.1 Å². The second kappa shape index (κ2) is 15.3. The van der Waals surface area contributed by atoms with E-state index in [1.54, 1.807) is 11.0 Å². The number of hydrogen-bond donors (Lipinski definition) is 1. The maximum atomic E-state index is 13.4. The summed E-state index contributed by atoms with van der Waals surface area (Å²) in [5, 5.41) is 14.4. The van der Waals surface area contributed by atoms with E-state index in [0.717, 1.165) is 23.1 Å². The quantitative estimate of drug-likeness (QED) is 0.332. The van der Waals surface area contributed by atoms with E-state index >= 15 is 0 Å². The van der Waals surface area contributed by atoms with Crippen molar-refractivity contribution in [3.63, 3.8) is 0 Å². The molecule has 224 valence electrons. The van der Waals surface area contributed by atoms with Crippen molar-refractivity contribution in [3.05, 3.63) is 59.2 Å². The Labute approximate surface area is 249 Å². The van der Waals surface area contributed by atoms with Gasteiger partial charge in [-0.05, 0) is 92.8 Å². The van der Waals surface area contributed by atoms with Crippen LogP contribution in [0.3, 0.4) is 0 Å². The first-order chi connectivity index (χ1) is 19.5. The molecular weight excluding hydrogens is 536 g/mol. The Hall–Kier alpha value is -3.00. The number of nitrogens with one attached hydrogen (secondary N) is 1. The molecule has 2 aromatic rings. The van der Waals surface area contributed by atoms with Crippen LogP contribution >= 0.6 is 11.8 Å². The molecule has 0 radical (unpaired) electrons. The fourth-order valence-electron chi connectivity index (χ4n) is 5.30. The summed E-state index contributed by atoms with van der Waals surface area (Å²) in [6, 6.07) is 12.2. The predicted molar refractivity (Wildman–Crippen MR) is 164 cm³/mol. The van der Waals surface area contributed by atoms with Gasteiger partial charge in [0.1, 0.15) is 5.60 Å². The number of amides is 2. The van der Waals surface area contributed by atoms with Crippen LogP contribution in [0.2, 0.25) is 0 Å². The van der Waals surface area contributed by atoms with Gasteiger partial charge in [0, 0.05) is 18.7 Å². The minimum atomic E-state index is -1.30. The summed E-state index contributed by atoms with van der Waals surface area (Å²) in [6.45, 7) is 8.53. The van der Waals surface area contributed by atoms with E-state index in [0.29, 0.717) is 35.9 Å². The third-order valence-electron chi connectivity index (χ3n) is 7.52. The summed E-state index contributed by atoms with van der Waals surface area (Å²) < 4.78 is 5.77. The second-order valence-electron chi connectivity index (χ2n) is 12.0. The maximum absolute atomic E-state index is 13.4. The molecule has 2 amide bonds. The van der Waals surface area contributed by atoms with Crippen LogP contribution in [0.15, 0.2) is 42.5 Å². The summed E-state index contributed by atoms with van der Waals surface area (Å²) in [5.74, 6) is -0.562. The zero-order valence-corrected chi connectivity index (χ0v) is 26.0. The van der Waals surface area contributed by atoms with Gasteiger partial charge in [0.05, 0.1) is 12.0 Å². The average molecular weight is 582 g/mol. The average Bonchev–Trinajstić information content (AvgIpc) is 2.92. The number of carbonyl (C=O) groups is 3. The van der Waals surface area contributed by atoms with Crippen molar-refractivity contribution in [2.45, 2.75) is 90.8 Å². The molecule has 0 aliphatic heterocycles. The molecule has 0 saturated heterocycles. The summed E-state index contributed by atoms with van der Waals surface area (Å²) >= 11 is 1.51. The molecule has 8 heteroatoms. The zero-order valence-electron chi connectivity index (χ0n) is 25.2. The molecule has 0 unspecified atom stereocenters. The molecule has 2 aromatic carbocycles. The second-order valence-corrected chi connectivity index (χ2v) is 13.0. The molecule has 0 heterocycles. The van der Waals surface area contributed by atoms with E-state index in [2.05, 4.69) is 5.32 Å². The lowest BCUT2D eigenvalue weighted by Gasteiger charge is -2.30. The van der Waals surface area contributed by atoms with Gasteiger partial charge in [-0.3, -0.25) is 4.79 Å². The van der Waals surface area contributed by atoms with E-state index in [1.807, 2.05) is 70.3 Å². The molecule has 0 spiro atoms. The monoisotopic (exact) mass is 581 g/mol. The van der Waals surface area contributed by atoms with Gasteiger partial charge in [0.25, 0.3) is 5.91 Å². The number of ether oxygens (including phenoxy) is 1. The van der Waals surface area contributed by atoms with Gasteiger partial charge in [-0.25, -0.2) is 4.79 Å². The van der Waals surface area contributed by atoms with Gasteiger partial charge in [-0.15, -0.1) is 0 Å². The van der Waals surface area contributed by atoms with Crippen LogP contribution in [-0.4, -0.2) is 53.1 Å². The minimum absolute atomic E-state index is 0.277. The van der Waals surface area contributed by atoms with Crippen molar-refractivity contribution in [1.82, 2.24) is 10.2 Å². The number of carboxylic acid groups (broad SMARTS) is 1. The van der Waals surface area contributed by atoms with Gasteiger partial charge in [-0.1, -0.05) is 62.4 Å². The Bertz CT molecular complexity index is 1190. The van der Waals surface area contributed by atoms with Crippen LogP contribution in [0.4, 0.5) is 4.79 Å². The third-order valence-corrected chi connectivity index (χ3v) is 8.17. The molecule has 0 bridgehead atoms. The molecule has 1 fully saturated rings. The van der Waals surface area contributed by atoms with Crippen molar-refractivity contribution in [1.29, 1.82) is 0 Å². The largest absolute Gasteiger partial charge is 0.548 e. The van der Waals surface area contributed by atoms with Crippen molar-refractivity contribution >= 4 is 29.7 Å². The molecule has 7 nitrogen and oxygen atoms in total. The number of aryl methyl sites for hydroxylation is 1. The van der Waals surface area contributed by atoms with Crippen LogP contribution in [0, 0.1) is 12.8 Å². The highest BCUT2D eigenvalue weighted by Gasteiger charge is 2.25. The number of aliphatic carboxylic acids is 1. The number of carboxylic acids is 1. The number of nitrogens with zero attached hydrogens (tertiary/aromatic N) is 1. The molecule has 0 aromatic heterocycles. The third kappa shape index (κ3) is 10.1. The highest BCUT2D eigenvalue weighted by molar-refractivity contribution is 7.98. The number of rotatable bonds is 12. The summed E-state index contributed by atoms with van der Waals surface area (Å²) in [5.41, 5.74) is 3.19. The summed E-state index contributed by atoms with van der Waals surface area (Å²) in [7, 11) is 0. The molecule has 1 aliphatic carbocycles. The molecule has 1 aliphatic rings. The van der Waals surface area contributed by atoms with Gasteiger partial charge < -0.3 is 24.9 Å². The van der Waals surface area contributed by atoms with Crippen molar-refractivity contribution in [3.8, 4) is 11.1 Å².